The average Bonchev–Trinajstić information content (AvgIpc) is 2.91. The molecule has 1 fully saturated rings. The van der Waals surface area contributed by atoms with Crippen LogP contribution in [0.1, 0.15) is 23.1 Å². The summed E-state index contributed by atoms with van der Waals surface area (Å²) in [7, 11) is 0. The van der Waals surface area contributed by atoms with Gasteiger partial charge in [-0.3, -0.25) is 4.90 Å². The molecule has 0 aliphatic carbocycles. The smallest absolute Gasteiger partial charge is 0.0461 e. The van der Waals surface area contributed by atoms with E-state index >= 15 is 0 Å². The molecule has 2 nitrogen and oxygen atoms in total. The van der Waals surface area contributed by atoms with Gasteiger partial charge in [0.1, 0.15) is 0 Å². The van der Waals surface area contributed by atoms with E-state index in [1.54, 1.807) is 0 Å². The van der Waals surface area contributed by atoms with E-state index in [-0.39, 0.29) is 0 Å². The number of piperazine rings is 1. The Labute approximate surface area is 210 Å². The largest absolute Gasteiger partial charge is 0.362 e. The number of hydrogen-bond donors (Lipinski definition) is 0. The standard InChI is InChI=1S/C33H34N2/c1-5-14-28(15-6-1)20-13-23-32-26-34(25-30-18-9-3-10-19-30)27-33(24-29-16-7-2-8-17-29)35(32)31-21-11-4-12-22-31/h1-22,32-33H,23-27H2/b20-13+/t32-,33+/m1/s1. The van der Waals surface area contributed by atoms with E-state index in [2.05, 4.69) is 143 Å². The second-order valence-electron chi connectivity index (χ2n) is 9.47. The summed E-state index contributed by atoms with van der Waals surface area (Å²) in [4.78, 5) is 5.35. The van der Waals surface area contributed by atoms with Gasteiger partial charge in [-0.1, -0.05) is 121 Å². The highest BCUT2D eigenvalue weighted by molar-refractivity contribution is 5.52. The van der Waals surface area contributed by atoms with Gasteiger partial charge in [-0.2, -0.15) is 0 Å². The first kappa shape index (κ1) is 23.1. The molecule has 1 heterocycles. The minimum atomic E-state index is 0.406. The number of para-hydroxylation sites is 1. The zero-order valence-corrected chi connectivity index (χ0v) is 20.3. The summed E-state index contributed by atoms with van der Waals surface area (Å²) in [5.41, 5.74) is 5.37. The molecule has 0 amide bonds. The van der Waals surface area contributed by atoms with Gasteiger partial charge < -0.3 is 4.90 Å². The zero-order valence-electron chi connectivity index (χ0n) is 20.3. The number of nitrogens with zero attached hydrogens (tertiary/aromatic N) is 2. The van der Waals surface area contributed by atoms with E-state index in [0.29, 0.717) is 12.1 Å². The highest BCUT2D eigenvalue weighted by atomic mass is 15.3. The van der Waals surface area contributed by atoms with Crippen LogP contribution in [0.4, 0.5) is 5.69 Å². The Kier molecular flexibility index (Phi) is 7.72. The van der Waals surface area contributed by atoms with Crippen molar-refractivity contribution in [2.75, 3.05) is 18.0 Å². The van der Waals surface area contributed by atoms with Gasteiger partial charge in [-0.15, -0.1) is 0 Å². The quantitative estimate of drug-likeness (QED) is 0.278. The number of rotatable bonds is 8. The molecule has 5 rings (SSSR count). The summed E-state index contributed by atoms with van der Waals surface area (Å²) in [6.07, 6.45) is 6.69. The SMILES string of the molecule is C(=C\c1ccccc1)/C[C@@H]1CN(Cc2ccccc2)C[C@H](Cc2ccccc2)N1c1ccccc1. The second-order valence-corrected chi connectivity index (χ2v) is 9.47. The minimum absolute atomic E-state index is 0.406. The molecule has 176 valence electrons. The first-order chi connectivity index (χ1) is 17.3. The molecular formula is C33H34N2. The Morgan fingerprint density at radius 1 is 0.600 bits per heavy atom. The van der Waals surface area contributed by atoms with Crippen molar-refractivity contribution in [2.45, 2.75) is 31.5 Å². The Hall–Kier alpha value is -3.62. The Morgan fingerprint density at radius 2 is 1.14 bits per heavy atom. The summed E-state index contributed by atoms with van der Waals surface area (Å²) in [5, 5.41) is 0. The summed E-state index contributed by atoms with van der Waals surface area (Å²) < 4.78 is 0. The lowest BCUT2D eigenvalue weighted by Gasteiger charge is -2.48. The molecule has 0 bridgehead atoms. The third-order valence-electron chi connectivity index (χ3n) is 6.86. The van der Waals surface area contributed by atoms with Crippen molar-refractivity contribution >= 4 is 11.8 Å². The molecule has 0 radical (unpaired) electrons. The average molecular weight is 459 g/mol. The van der Waals surface area contributed by atoms with Crippen LogP contribution >= 0.6 is 0 Å². The molecule has 4 aromatic carbocycles. The van der Waals surface area contributed by atoms with Crippen molar-refractivity contribution in [3.63, 3.8) is 0 Å². The normalized spacial score (nSPS) is 18.7. The van der Waals surface area contributed by atoms with Crippen molar-refractivity contribution in [3.05, 3.63) is 144 Å². The van der Waals surface area contributed by atoms with Crippen molar-refractivity contribution in [2.24, 2.45) is 0 Å². The van der Waals surface area contributed by atoms with E-state index in [1.807, 2.05) is 0 Å². The van der Waals surface area contributed by atoms with Crippen LogP contribution in [0.2, 0.25) is 0 Å². The van der Waals surface area contributed by atoms with Crippen molar-refractivity contribution in [1.29, 1.82) is 0 Å². The molecule has 2 heteroatoms. The van der Waals surface area contributed by atoms with E-state index in [0.717, 1.165) is 32.5 Å². The molecule has 4 aromatic rings. The van der Waals surface area contributed by atoms with Crippen molar-refractivity contribution in [1.82, 2.24) is 4.90 Å². The van der Waals surface area contributed by atoms with E-state index < -0.39 is 0 Å². The number of anilines is 1. The summed E-state index contributed by atoms with van der Waals surface area (Å²) in [6, 6.07) is 44.3. The molecule has 1 saturated heterocycles. The Bertz CT molecular complexity index is 1170. The molecule has 0 aromatic heterocycles. The maximum absolute atomic E-state index is 2.70. The fourth-order valence-electron chi connectivity index (χ4n) is 5.30. The monoisotopic (exact) mass is 458 g/mol. The van der Waals surface area contributed by atoms with Gasteiger partial charge in [-0.05, 0) is 41.7 Å². The maximum Gasteiger partial charge on any atom is 0.0461 e. The van der Waals surface area contributed by atoms with Crippen molar-refractivity contribution in [3.8, 4) is 0 Å². The first-order valence-electron chi connectivity index (χ1n) is 12.7. The second kappa shape index (κ2) is 11.7. The fraction of sp³-hybridized carbons (Fsp3) is 0.212. The number of hydrogen-bond acceptors (Lipinski definition) is 2. The predicted molar refractivity (Wildman–Crippen MR) is 148 cm³/mol. The summed E-state index contributed by atoms with van der Waals surface area (Å²) in [5.74, 6) is 0. The molecule has 0 saturated carbocycles. The van der Waals surface area contributed by atoms with Crippen LogP contribution in [-0.4, -0.2) is 30.1 Å². The van der Waals surface area contributed by atoms with Crippen LogP contribution in [0, 0.1) is 0 Å². The maximum atomic E-state index is 2.70. The Balaban J connectivity index is 1.44. The molecule has 1 aliphatic rings. The van der Waals surface area contributed by atoms with Crippen LogP contribution in [0.3, 0.4) is 0 Å². The zero-order chi connectivity index (χ0) is 23.7. The van der Waals surface area contributed by atoms with Gasteiger partial charge >= 0.3 is 0 Å². The highest BCUT2D eigenvalue weighted by Gasteiger charge is 2.34. The molecule has 0 spiro atoms. The van der Waals surface area contributed by atoms with E-state index in [9.17, 15) is 0 Å². The highest BCUT2D eigenvalue weighted by Crippen LogP contribution is 2.29. The molecule has 35 heavy (non-hydrogen) atoms. The predicted octanol–water partition coefficient (Wildman–Crippen LogP) is 7.09. The number of benzene rings is 4. The van der Waals surface area contributed by atoms with Crippen LogP contribution in [0.15, 0.2) is 127 Å². The van der Waals surface area contributed by atoms with Gasteiger partial charge in [-0.25, -0.2) is 0 Å². The molecule has 0 N–H and O–H groups in total. The lowest BCUT2D eigenvalue weighted by atomic mass is 9.95. The third kappa shape index (κ3) is 6.29. The Morgan fingerprint density at radius 3 is 1.80 bits per heavy atom. The molecule has 1 aliphatic heterocycles. The van der Waals surface area contributed by atoms with Crippen LogP contribution in [0.25, 0.3) is 6.08 Å². The van der Waals surface area contributed by atoms with E-state index in [4.69, 9.17) is 0 Å². The minimum Gasteiger partial charge on any atom is -0.362 e. The lowest BCUT2D eigenvalue weighted by Crippen LogP contribution is -2.59. The van der Waals surface area contributed by atoms with Crippen LogP contribution < -0.4 is 4.90 Å². The first-order valence-corrected chi connectivity index (χ1v) is 12.7. The molecule has 2 atom stereocenters. The molecular weight excluding hydrogens is 424 g/mol. The summed E-state index contributed by atoms with van der Waals surface area (Å²) >= 11 is 0. The van der Waals surface area contributed by atoms with Gasteiger partial charge in [0, 0.05) is 37.4 Å². The topological polar surface area (TPSA) is 6.48 Å². The third-order valence-corrected chi connectivity index (χ3v) is 6.86. The summed E-state index contributed by atoms with van der Waals surface area (Å²) in [6.45, 7) is 3.10. The van der Waals surface area contributed by atoms with Crippen molar-refractivity contribution < 1.29 is 0 Å². The van der Waals surface area contributed by atoms with Gasteiger partial charge in [0.15, 0.2) is 0 Å². The van der Waals surface area contributed by atoms with Gasteiger partial charge in [0.25, 0.3) is 0 Å². The molecule has 0 unspecified atom stereocenters. The van der Waals surface area contributed by atoms with Crippen LogP contribution in [0.5, 0.6) is 0 Å². The van der Waals surface area contributed by atoms with Gasteiger partial charge in [0.2, 0.25) is 0 Å². The van der Waals surface area contributed by atoms with Gasteiger partial charge in [0.05, 0.1) is 0 Å². The lowest BCUT2D eigenvalue weighted by molar-refractivity contribution is 0.180. The fourth-order valence-corrected chi connectivity index (χ4v) is 5.30. The van der Waals surface area contributed by atoms with E-state index in [1.165, 1.54) is 22.4 Å². The van der Waals surface area contributed by atoms with Crippen LogP contribution in [-0.2, 0) is 13.0 Å².